The van der Waals surface area contributed by atoms with Gasteiger partial charge in [-0.3, -0.25) is 0 Å². The molecular weight excluding hydrogens is 132 g/mol. The summed E-state index contributed by atoms with van der Waals surface area (Å²) in [5.41, 5.74) is 5.28. The van der Waals surface area contributed by atoms with E-state index in [1.165, 1.54) is 0 Å². The Morgan fingerprint density at radius 2 is 2.60 bits per heavy atom. The molecule has 56 valence electrons. The monoisotopic (exact) mass is 142 g/mol. The number of hydrogen-bond acceptors (Lipinski definition) is 4. The molecule has 0 saturated carbocycles. The third kappa shape index (κ3) is 1.52. The van der Waals surface area contributed by atoms with Gasteiger partial charge in [0.1, 0.15) is 13.1 Å². The van der Waals surface area contributed by atoms with E-state index in [4.69, 9.17) is 10.5 Å². The summed E-state index contributed by atoms with van der Waals surface area (Å²) in [7, 11) is 1.60. The third-order valence-corrected chi connectivity index (χ3v) is 1.03. The zero-order valence-electron chi connectivity index (χ0n) is 5.82. The smallest absolute Gasteiger partial charge is 0.164 e. The number of ether oxygens (including phenoxy) is 1. The zero-order chi connectivity index (χ0) is 7.40. The molecule has 0 aromatic carbocycles. The predicted molar refractivity (Wildman–Crippen MR) is 34.9 cm³/mol. The van der Waals surface area contributed by atoms with Crippen molar-refractivity contribution in [2.24, 2.45) is 5.73 Å². The van der Waals surface area contributed by atoms with Gasteiger partial charge >= 0.3 is 0 Å². The first-order chi connectivity index (χ1) is 4.86. The Morgan fingerprint density at radius 1 is 1.80 bits per heavy atom. The van der Waals surface area contributed by atoms with Gasteiger partial charge in [-0.1, -0.05) is 0 Å². The van der Waals surface area contributed by atoms with Crippen molar-refractivity contribution in [1.29, 1.82) is 0 Å². The van der Waals surface area contributed by atoms with Crippen molar-refractivity contribution in [1.82, 2.24) is 14.8 Å². The van der Waals surface area contributed by atoms with Crippen molar-refractivity contribution in [3.05, 3.63) is 12.2 Å². The first kappa shape index (κ1) is 7.17. The lowest BCUT2D eigenvalue weighted by molar-refractivity contribution is 0.120. The zero-order valence-corrected chi connectivity index (χ0v) is 5.82. The van der Waals surface area contributed by atoms with Crippen LogP contribution in [0.3, 0.4) is 0 Å². The summed E-state index contributed by atoms with van der Waals surface area (Å²) in [6.07, 6.45) is 1.59. The molecule has 2 N–H and O–H groups in total. The maximum atomic E-state index is 5.28. The van der Waals surface area contributed by atoms with E-state index in [1.54, 1.807) is 18.1 Å². The molecule has 1 rings (SSSR count). The number of hydrogen-bond donors (Lipinski definition) is 1. The Kier molecular flexibility index (Phi) is 2.35. The average Bonchev–Trinajstić information content (AvgIpc) is 2.37. The molecule has 10 heavy (non-hydrogen) atoms. The molecule has 0 bridgehead atoms. The summed E-state index contributed by atoms with van der Waals surface area (Å²) in [6.45, 7) is 0.795. The molecule has 0 amide bonds. The van der Waals surface area contributed by atoms with Crippen molar-refractivity contribution in [3.8, 4) is 0 Å². The lowest BCUT2D eigenvalue weighted by Gasteiger charge is -1.94. The minimum atomic E-state index is 0.372. The Bertz CT molecular complexity index is 197. The predicted octanol–water partition coefficient (Wildman–Crippen LogP) is -0.659. The summed E-state index contributed by atoms with van der Waals surface area (Å²) in [5, 5.41) is 3.97. The standard InChI is InChI=1S/C5H10N4O/c1-10-4-9-3-7-5(2-6)8-9/h3H,2,4,6H2,1H3. The maximum Gasteiger partial charge on any atom is 0.164 e. The van der Waals surface area contributed by atoms with E-state index in [0.717, 1.165) is 0 Å². The van der Waals surface area contributed by atoms with Crippen LogP contribution in [0.4, 0.5) is 0 Å². The van der Waals surface area contributed by atoms with Gasteiger partial charge in [0, 0.05) is 7.11 Å². The minimum absolute atomic E-state index is 0.372. The first-order valence-corrected chi connectivity index (χ1v) is 2.94. The molecule has 0 aliphatic heterocycles. The van der Waals surface area contributed by atoms with E-state index in [1.807, 2.05) is 0 Å². The summed E-state index contributed by atoms with van der Waals surface area (Å²) in [5.74, 6) is 0.636. The molecule has 0 saturated heterocycles. The molecule has 1 aromatic heterocycles. The topological polar surface area (TPSA) is 66.0 Å². The largest absolute Gasteiger partial charge is 0.362 e. The van der Waals surface area contributed by atoms with Crippen LogP contribution < -0.4 is 5.73 Å². The van der Waals surface area contributed by atoms with Gasteiger partial charge in [0.15, 0.2) is 5.82 Å². The van der Waals surface area contributed by atoms with Crippen LogP contribution in [-0.2, 0) is 18.0 Å². The summed E-state index contributed by atoms with van der Waals surface area (Å²) < 4.78 is 6.39. The van der Waals surface area contributed by atoms with E-state index in [-0.39, 0.29) is 0 Å². The van der Waals surface area contributed by atoms with Crippen LogP contribution in [0.5, 0.6) is 0 Å². The molecule has 5 heteroatoms. The van der Waals surface area contributed by atoms with E-state index in [0.29, 0.717) is 19.1 Å². The highest BCUT2D eigenvalue weighted by molar-refractivity contribution is 4.78. The van der Waals surface area contributed by atoms with Gasteiger partial charge in [0.25, 0.3) is 0 Å². The molecule has 0 spiro atoms. The van der Waals surface area contributed by atoms with Gasteiger partial charge in [-0.05, 0) is 0 Å². The lowest BCUT2D eigenvalue weighted by atomic mass is 10.6. The molecule has 0 aliphatic carbocycles. The van der Waals surface area contributed by atoms with Crippen LogP contribution in [0.25, 0.3) is 0 Å². The van der Waals surface area contributed by atoms with E-state index >= 15 is 0 Å². The number of aromatic nitrogens is 3. The van der Waals surface area contributed by atoms with Gasteiger partial charge in [0.05, 0.1) is 6.54 Å². The molecule has 5 nitrogen and oxygen atoms in total. The number of nitrogens with two attached hydrogens (primary N) is 1. The van der Waals surface area contributed by atoms with Gasteiger partial charge in [-0.15, -0.1) is 0 Å². The van der Waals surface area contributed by atoms with Gasteiger partial charge in [0.2, 0.25) is 0 Å². The Hall–Kier alpha value is -0.940. The van der Waals surface area contributed by atoms with Crippen LogP contribution in [0.15, 0.2) is 6.33 Å². The van der Waals surface area contributed by atoms with Crippen LogP contribution in [-0.4, -0.2) is 21.9 Å². The van der Waals surface area contributed by atoms with Crippen LogP contribution in [0.1, 0.15) is 5.82 Å². The van der Waals surface area contributed by atoms with E-state index in [9.17, 15) is 0 Å². The van der Waals surface area contributed by atoms with E-state index < -0.39 is 0 Å². The molecule has 0 unspecified atom stereocenters. The fourth-order valence-corrected chi connectivity index (χ4v) is 0.621. The normalized spacial score (nSPS) is 10.2. The molecule has 0 fully saturated rings. The Morgan fingerprint density at radius 3 is 3.10 bits per heavy atom. The third-order valence-electron chi connectivity index (χ3n) is 1.03. The van der Waals surface area contributed by atoms with Crippen molar-refractivity contribution in [2.75, 3.05) is 7.11 Å². The number of methoxy groups -OCH3 is 1. The average molecular weight is 142 g/mol. The van der Waals surface area contributed by atoms with Crippen molar-refractivity contribution in [3.63, 3.8) is 0 Å². The highest BCUT2D eigenvalue weighted by Crippen LogP contribution is 1.86. The Labute approximate surface area is 58.8 Å². The fraction of sp³-hybridized carbons (Fsp3) is 0.600. The van der Waals surface area contributed by atoms with Crippen LogP contribution >= 0.6 is 0 Å². The number of rotatable bonds is 3. The second-order valence-electron chi connectivity index (χ2n) is 1.82. The highest BCUT2D eigenvalue weighted by Gasteiger charge is 1.95. The van der Waals surface area contributed by atoms with Gasteiger partial charge < -0.3 is 10.5 Å². The molecule has 1 heterocycles. The van der Waals surface area contributed by atoms with Crippen molar-refractivity contribution < 1.29 is 4.74 Å². The second kappa shape index (κ2) is 3.28. The van der Waals surface area contributed by atoms with Crippen LogP contribution in [0.2, 0.25) is 0 Å². The molecular formula is C5H10N4O. The fourth-order valence-electron chi connectivity index (χ4n) is 0.621. The summed E-state index contributed by atoms with van der Waals surface area (Å²) in [6, 6.07) is 0. The second-order valence-corrected chi connectivity index (χ2v) is 1.82. The van der Waals surface area contributed by atoms with Crippen LogP contribution in [0, 0.1) is 0 Å². The van der Waals surface area contributed by atoms with Gasteiger partial charge in [-0.25, -0.2) is 9.67 Å². The SMILES string of the molecule is COCn1cnc(CN)n1. The minimum Gasteiger partial charge on any atom is -0.362 e. The quantitative estimate of drug-likeness (QED) is 0.608. The molecule has 1 aromatic rings. The van der Waals surface area contributed by atoms with Gasteiger partial charge in [-0.2, -0.15) is 5.10 Å². The van der Waals surface area contributed by atoms with Crippen molar-refractivity contribution >= 4 is 0 Å². The highest BCUT2D eigenvalue weighted by atomic mass is 16.5. The van der Waals surface area contributed by atoms with Crippen molar-refractivity contribution in [2.45, 2.75) is 13.3 Å². The maximum absolute atomic E-state index is 5.28. The Balaban J connectivity index is 2.59. The first-order valence-electron chi connectivity index (χ1n) is 2.94. The molecule has 0 aliphatic rings. The summed E-state index contributed by atoms with van der Waals surface area (Å²) in [4.78, 5) is 3.90. The van der Waals surface area contributed by atoms with E-state index in [2.05, 4.69) is 10.1 Å². The molecule has 0 atom stereocenters. The lowest BCUT2D eigenvalue weighted by Crippen LogP contribution is -2.03. The number of nitrogens with zero attached hydrogens (tertiary/aromatic N) is 3. The summed E-state index contributed by atoms with van der Waals surface area (Å²) >= 11 is 0. The molecule has 0 radical (unpaired) electrons.